The molecule has 0 saturated heterocycles. The standard InChI is InChI=1S/C14H8Cl2F3NO3S/c15-11-5-4-9(7-12(11)16)13(21)8-2-1-3-10(6-8)20-24(22,23)14(17,18)19/h1-7,20H. The van der Waals surface area contributed by atoms with Gasteiger partial charge in [-0.25, -0.2) is 0 Å². The molecule has 0 aliphatic carbocycles. The first-order valence-corrected chi connectivity index (χ1v) is 8.44. The number of benzene rings is 2. The second-order valence-corrected chi connectivity index (χ2v) is 7.08. The number of alkyl halides is 3. The predicted molar refractivity (Wildman–Crippen MR) is 84.9 cm³/mol. The van der Waals surface area contributed by atoms with Crippen molar-refractivity contribution in [3.05, 3.63) is 63.6 Å². The third-order valence-corrected chi connectivity index (χ3v) is 4.72. The molecule has 2 aromatic rings. The van der Waals surface area contributed by atoms with Crippen LogP contribution in [0.1, 0.15) is 15.9 Å². The molecule has 0 aromatic heterocycles. The SMILES string of the molecule is O=C(c1cccc(NS(=O)(=O)C(F)(F)F)c1)c1ccc(Cl)c(Cl)c1. The van der Waals surface area contributed by atoms with Gasteiger partial charge in [-0.3, -0.25) is 9.52 Å². The average molecular weight is 398 g/mol. The molecule has 2 rings (SSSR count). The molecule has 0 heterocycles. The molecule has 10 heteroatoms. The fourth-order valence-corrected chi connectivity index (χ4v) is 2.59. The van der Waals surface area contributed by atoms with Gasteiger partial charge in [0.2, 0.25) is 0 Å². The lowest BCUT2D eigenvalue weighted by Crippen LogP contribution is -2.29. The van der Waals surface area contributed by atoms with E-state index in [1.165, 1.54) is 35.1 Å². The molecule has 2 aromatic carbocycles. The maximum atomic E-state index is 12.4. The van der Waals surface area contributed by atoms with Crippen molar-refractivity contribution in [2.75, 3.05) is 4.72 Å². The Hall–Kier alpha value is -1.77. The molecule has 0 saturated carbocycles. The molecule has 0 spiro atoms. The van der Waals surface area contributed by atoms with Crippen molar-refractivity contribution in [1.82, 2.24) is 0 Å². The number of hydrogen-bond acceptors (Lipinski definition) is 3. The van der Waals surface area contributed by atoms with E-state index in [4.69, 9.17) is 23.2 Å². The van der Waals surface area contributed by atoms with Crippen LogP contribution in [-0.4, -0.2) is 19.7 Å². The second-order valence-electron chi connectivity index (χ2n) is 4.59. The number of carbonyl (C=O) groups excluding carboxylic acids is 1. The molecule has 128 valence electrons. The summed E-state index contributed by atoms with van der Waals surface area (Å²) in [5.74, 6) is -0.554. The number of ketones is 1. The van der Waals surface area contributed by atoms with Crippen LogP contribution >= 0.6 is 23.2 Å². The summed E-state index contributed by atoms with van der Waals surface area (Å²) >= 11 is 11.6. The third kappa shape index (κ3) is 4.00. The van der Waals surface area contributed by atoms with Gasteiger partial charge in [-0.2, -0.15) is 21.6 Å². The van der Waals surface area contributed by atoms with E-state index >= 15 is 0 Å². The van der Waals surface area contributed by atoms with Crippen LogP contribution in [0.15, 0.2) is 42.5 Å². The van der Waals surface area contributed by atoms with Gasteiger partial charge in [0.05, 0.1) is 10.0 Å². The van der Waals surface area contributed by atoms with Gasteiger partial charge in [-0.15, -0.1) is 0 Å². The highest BCUT2D eigenvalue weighted by atomic mass is 35.5. The molecule has 1 N–H and O–H groups in total. The van der Waals surface area contributed by atoms with E-state index in [1.807, 2.05) is 0 Å². The number of anilines is 1. The summed E-state index contributed by atoms with van der Waals surface area (Å²) in [5.41, 5.74) is -5.72. The van der Waals surface area contributed by atoms with Crippen molar-refractivity contribution in [2.24, 2.45) is 0 Å². The monoisotopic (exact) mass is 397 g/mol. The minimum Gasteiger partial charge on any atom is -0.289 e. The number of rotatable bonds is 4. The van der Waals surface area contributed by atoms with E-state index in [1.54, 1.807) is 0 Å². The largest absolute Gasteiger partial charge is 0.516 e. The van der Waals surface area contributed by atoms with Crippen molar-refractivity contribution in [1.29, 1.82) is 0 Å². The van der Waals surface area contributed by atoms with Gasteiger partial charge in [0.1, 0.15) is 0 Å². The Morgan fingerprint density at radius 3 is 2.17 bits per heavy atom. The zero-order valence-corrected chi connectivity index (χ0v) is 13.9. The van der Waals surface area contributed by atoms with Gasteiger partial charge in [-0.1, -0.05) is 35.3 Å². The molecule has 0 bridgehead atoms. The second kappa shape index (κ2) is 6.62. The lowest BCUT2D eigenvalue weighted by molar-refractivity contribution is -0.0429. The summed E-state index contributed by atoms with van der Waals surface area (Å²) in [5, 5.41) is 0.372. The average Bonchev–Trinajstić information content (AvgIpc) is 2.48. The molecule has 0 aliphatic heterocycles. The lowest BCUT2D eigenvalue weighted by atomic mass is 10.0. The van der Waals surface area contributed by atoms with Crippen molar-refractivity contribution in [3.63, 3.8) is 0 Å². The van der Waals surface area contributed by atoms with E-state index in [9.17, 15) is 26.4 Å². The van der Waals surface area contributed by atoms with Gasteiger partial charge in [0, 0.05) is 16.8 Å². The van der Waals surface area contributed by atoms with Crippen LogP contribution in [0, 0.1) is 0 Å². The molecular weight excluding hydrogens is 390 g/mol. The molecule has 0 amide bonds. The Balaban J connectivity index is 2.33. The Kier molecular flexibility index (Phi) is 5.12. The molecule has 0 unspecified atom stereocenters. The Morgan fingerprint density at radius 2 is 1.58 bits per heavy atom. The van der Waals surface area contributed by atoms with Crippen LogP contribution < -0.4 is 4.72 Å². The fraction of sp³-hybridized carbons (Fsp3) is 0.0714. The molecule has 0 atom stereocenters. The highest BCUT2D eigenvalue weighted by molar-refractivity contribution is 7.93. The van der Waals surface area contributed by atoms with Crippen LogP contribution in [0.3, 0.4) is 0 Å². The zero-order chi connectivity index (χ0) is 18.1. The Labute approximate surface area is 145 Å². The zero-order valence-electron chi connectivity index (χ0n) is 11.6. The summed E-state index contributed by atoms with van der Waals surface area (Å²) in [6, 6.07) is 8.76. The van der Waals surface area contributed by atoms with Gasteiger partial charge < -0.3 is 0 Å². The van der Waals surface area contributed by atoms with Crippen LogP contribution in [0.25, 0.3) is 0 Å². The van der Waals surface area contributed by atoms with Crippen LogP contribution in [0.2, 0.25) is 10.0 Å². The van der Waals surface area contributed by atoms with E-state index < -0.39 is 27.0 Å². The van der Waals surface area contributed by atoms with Crippen molar-refractivity contribution in [2.45, 2.75) is 5.51 Å². The molecule has 4 nitrogen and oxygen atoms in total. The van der Waals surface area contributed by atoms with Crippen molar-refractivity contribution >= 4 is 44.7 Å². The van der Waals surface area contributed by atoms with E-state index in [2.05, 4.69) is 0 Å². The minimum absolute atomic E-state index is 0.0178. The molecular formula is C14H8Cl2F3NO3S. The fourth-order valence-electron chi connectivity index (χ4n) is 1.74. The van der Waals surface area contributed by atoms with Gasteiger partial charge in [-0.05, 0) is 30.3 Å². The number of nitrogens with one attached hydrogen (secondary N) is 1. The highest BCUT2D eigenvalue weighted by Gasteiger charge is 2.46. The summed E-state index contributed by atoms with van der Waals surface area (Å²) in [6.07, 6.45) is 0. The predicted octanol–water partition coefficient (Wildman–Crippen LogP) is 4.49. The molecule has 0 fully saturated rings. The van der Waals surface area contributed by atoms with Crippen LogP contribution in [0.5, 0.6) is 0 Å². The van der Waals surface area contributed by atoms with E-state index in [0.29, 0.717) is 0 Å². The van der Waals surface area contributed by atoms with E-state index in [0.717, 1.165) is 12.1 Å². The first kappa shape index (κ1) is 18.6. The molecule has 0 radical (unpaired) electrons. The van der Waals surface area contributed by atoms with Gasteiger partial charge >= 0.3 is 15.5 Å². The normalized spacial score (nSPS) is 12.0. The number of halogens is 5. The van der Waals surface area contributed by atoms with Crippen LogP contribution in [0.4, 0.5) is 18.9 Å². The van der Waals surface area contributed by atoms with Gasteiger partial charge in [0.15, 0.2) is 5.78 Å². The molecule has 24 heavy (non-hydrogen) atoms. The van der Waals surface area contributed by atoms with Crippen LogP contribution in [-0.2, 0) is 10.0 Å². The Morgan fingerprint density at radius 1 is 0.958 bits per heavy atom. The smallest absolute Gasteiger partial charge is 0.289 e. The lowest BCUT2D eigenvalue weighted by Gasteiger charge is -2.11. The summed E-state index contributed by atoms with van der Waals surface area (Å²) < 4.78 is 60.7. The maximum absolute atomic E-state index is 12.4. The van der Waals surface area contributed by atoms with Crippen molar-refractivity contribution in [3.8, 4) is 0 Å². The topological polar surface area (TPSA) is 63.2 Å². The first-order chi connectivity index (χ1) is 11.0. The number of hydrogen-bond donors (Lipinski definition) is 1. The highest BCUT2D eigenvalue weighted by Crippen LogP contribution is 2.27. The van der Waals surface area contributed by atoms with Crippen molar-refractivity contribution < 1.29 is 26.4 Å². The first-order valence-electron chi connectivity index (χ1n) is 6.20. The number of sulfonamides is 1. The van der Waals surface area contributed by atoms with E-state index in [-0.39, 0.29) is 21.2 Å². The maximum Gasteiger partial charge on any atom is 0.516 e. The number of carbonyl (C=O) groups is 1. The summed E-state index contributed by atoms with van der Waals surface area (Å²) in [7, 11) is -5.57. The summed E-state index contributed by atoms with van der Waals surface area (Å²) in [4.78, 5) is 12.3. The summed E-state index contributed by atoms with van der Waals surface area (Å²) in [6.45, 7) is 0. The quantitative estimate of drug-likeness (QED) is 0.773. The minimum atomic E-state index is -5.57. The Bertz CT molecular complexity index is 898. The molecule has 0 aliphatic rings. The third-order valence-electron chi connectivity index (χ3n) is 2.86. The van der Waals surface area contributed by atoms with Gasteiger partial charge in [0.25, 0.3) is 0 Å².